The molecule has 8 nitrogen and oxygen atoms in total. The van der Waals surface area contributed by atoms with Crippen LogP contribution in [-0.4, -0.2) is 38.0 Å². The molecule has 0 radical (unpaired) electrons. The van der Waals surface area contributed by atoms with Gasteiger partial charge in [0.15, 0.2) is 20.6 Å². The van der Waals surface area contributed by atoms with Crippen molar-refractivity contribution in [3.05, 3.63) is 0 Å². The Morgan fingerprint density at radius 3 is 1.09 bits per heavy atom. The van der Waals surface area contributed by atoms with Gasteiger partial charge >= 0.3 is 19.5 Å². The Morgan fingerprint density at radius 2 is 0.870 bits per heavy atom. The van der Waals surface area contributed by atoms with Gasteiger partial charge in [0.05, 0.1) is 0 Å². The van der Waals surface area contributed by atoms with Crippen LogP contribution >= 0.6 is 0 Å². The average molecular weight is 422 g/mol. The summed E-state index contributed by atoms with van der Waals surface area (Å²) in [5.41, 5.74) is 0. The molecular weight excluding hydrogens is 398 g/mol. The minimum absolute atomic E-state index is 0. The first-order valence-corrected chi connectivity index (χ1v) is 10.4. The van der Waals surface area contributed by atoms with Gasteiger partial charge in [-0.1, -0.05) is 38.5 Å². The molecular formula is C12H24N2O6S2Zn. The van der Waals surface area contributed by atoms with Crippen LogP contribution in [0.1, 0.15) is 64.2 Å². The van der Waals surface area contributed by atoms with Crippen LogP contribution in [0.2, 0.25) is 0 Å². The molecule has 0 saturated heterocycles. The predicted octanol–water partition coefficient (Wildman–Crippen LogP) is 0.735. The Morgan fingerprint density at radius 1 is 0.609 bits per heavy atom. The second-order valence-corrected chi connectivity index (χ2v) is 8.10. The van der Waals surface area contributed by atoms with Crippen molar-refractivity contribution >= 4 is 20.6 Å². The number of hydrogen-bond donors (Lipinski definition) is 2. The van der Waals surface area contributed by atoms with Gasteiger partial charge in [-0.25, -0.2) is 26.3 Å². The van der Waals surface area contributed by atoms with Crippen LogP contribution in [0, 0.1) is 0 Å². The smallest absolute Gasteiger partial charge is 0.735 e. The van der Waals surface area contributed by atoms with E-state index < -0.39 is 20.6 Å². The van der Waals surface area contributed by atoms with Crippen molar-refractivity contribution in [2.75, 3.05) is 0 Å². The molecule has 2 aliphatic rings. The first-order valence-electron chi connectivity index (χ1n) is 7.62. The minimum Gasteiger partial charge on any atom is -0.735 e. The maximum absolute atomic E-state index is 10.2. The largest absolute Gasteiger partial charge is 2.00 e. The number of nitrogens with one attached hydrogen (secondary N) is 2. The van der Waals surface area contributed by atoms with Crippen LogP contribution in [0.25, 0.3) is 0 Å². The summed E-state index contributed by atoms with van der Waals surface area (Å²) in [6, 6.07) is -0.211. The van der Waals surface area contributed by atoms with E-state index in [-0.39, 0.29) is 31.6 Å². The summed E-state index contributed by atoms with van der Waals surface area (Å²) in [4.78, 5) is 0. The third kappa shape index (κ3) is 13.3. The third-order valence-corrected chi connectivity index (χ3v) is 5.08. The first kappa shape index (κ1) is 23.4. The van der Waals surface area contributed by atoms with Gasteiger partial charge < -0.3 is 9.11 Å². The molecule has 23 heavy (non-hydrogen) atoms. The van der Waals surface area contributed by atoms with Crippen molar-refractivity contribution in [2.45, 2.75) is 76.3 Å². The molecule has 2 N–H and O–H groups in total. The van der Waals surface area contributed by atoms with Crippen molar-refractivity contribution in [2.24, 2.45) is 0 Å². The Balaban J connectivity index is 0.000000403. The molecule has 2 saturated carbocycles. The summed E-state index contributed by atoms with van der Waals surface area (Å²) in [6.07, 6.45) is 9.61. The van der Waals surface area contributed by atoms with Crippen molar-refractivity contribution in [1.29, 1.82) is 0 Å². The second kappa shape index (κ2) is 11.1. The van der Waals surface area contributed by atoms with E-state index in [9.17, 15) is 25.9 Å². The van der Waals surface area contributed by atoms with Crippen molar-refractivity contribution in [1.82, 2.24) is 9.44 Å². The molecule has 0 amide bonds. The van der Waals surface area contributed by atoms with Crippen LogP contribution in [0.3, 0.4) is 0 Å². The topological polar surface area (TPSA) is 138 Å². The van der Waals surface area contributed by atoms with E-state index in [1.165, 1.54) is 0 Å². The minimum atomic E-state index is -4.22. The van der Waals surface area contributed by atoms with Gasteiger partial charge in [0, 0.05) is 12.1 Å². The average Bonchev–Trinajstić information content (AvgIpc) is 2.38. The normalized spacial score (nSPS) is 21.0. The summed E-state index contributed by atoms with van der Waals surface area (Å²) >= 11 is 0. The van der Waals surface area contributed by atoms with Gasteiger partial charge in [0.1, 0.15) is 0 Å². The molecule has 0 aromatic carbocycles. The summed E-state index contributed by atoms with van der Waals surface area (Å²) in [7, 11) is -8.45. The Hall–Kier alpha value is 0.363. The van der Waals surface area contributed by atoms with E-state index in [0.29, 0.717) is 0 Å². The standard InChI is InChI=1S/2C6H13NO3S.Zn/c2*8-11(9,10)7-6-4-2-1-3-5-6;/h2*6-7H,1-5H2,(H,8,9,10);/q;;+2/p-2. The Labute approximate surface area is 151 Å². The number of hydrogen-bond acceptors (Lipinski definition) is 6. The molecule has 11 heteroatoms. The molecule has 0 unspecified atom stereocenters. The summed E-state index contributed by atoms with van der Waals surface area (Å²) in [5.74, 6) is 0. The quantitative estimate of drug-likeness (QED) is 0.507. The zero-order valence-electron chi connectivity index (χ0n) is 13.2. The molecule has 2 fully saturated rings. The van der Waals surface area contributed by atoms with Crippen LogP contribution in [0.4, 0.5) is 0 Å². The van der Waals surface area contributed by atoms with E-state index in [4.69, 9.17) is 0 Å². The molecule has 2 rings (SSSR count). The molecule has 0 atom stereocenters. The van der Waals surface area contributed by atoms with Crippen LogP contribution in [0.5, 0.6) is 0 Å². The maximum Gasteiger partial charge on any atom is 2.00 e. The molecule has 2 aliphatic carbocycles. The molecule has 0 spiro atoms. The van der Waals surface area contributed by atoms with Crippen LogP contribution < -0.4 is 9.44 Å². The van der Waals surface area contributed by atoms with Crippen molar-refractivity contribution < 1.29 is 45.4 Å². The van der Waals surface area contributed by atoms with Crippen molar-refractivity contribution in [3.8, 4) is 0 Å². The molecule has 0 aromatic heterocycles. The van der Waals surface area contributed by atoms with Gasteiger partial charge in [-0.05, 0) is 25.7 Å². The second-order valence-electron chi connectivity index (χ2n) is 5.81. The van der Waals surface area contributed by atoms with E-state index in [1.807, 2.05) is 0 Å². The summed E-state index contributed by atoms with van der Waals surface area (Å²) in [6.45, 7) is 0. The summed E-state index contributed by atoms with van der Waals surface area (Å²) in [5, 5.41) is 0. The SMILES string of the molecule is O=S(=O)([O-])NC1CCCCC1.O=S(=O)([O-])NC1CCCCC1.[Zn+2]. The zero-order chi connectivity index (χ0) is 16.6. The molecule has 0 aromatic rings. The number of rotatable bonds is 4. The molecule has 132 valence electrons. The van der Waals surface area contributed by atoms with E-state index in [0.717, 1.165) is 64.2 Å². The Kier molecular flexibility index (Phi) is 11.2. The van der Waals surface area contributed by atoms with Gasteiger partial charge in [0.25, 0.3) is 0 Å². The van der Waals surface area contributed by atoms with Crippen LogP contribution in [-0.2, 0) is 40.1 Å². The molecule has 0 bridgehead atoms. The van der Waals surface area contributed by atoms with Crippen molar-refractivity contribution in [3.63, 3.8) is 0 Å². The summed E-state index contributed by atoms with van der Waals surface area (Å²) < 4.78 is 65.5. The van der Waals surface area contributed by atoms with E-state index in [1.54, 1.807) is 0 Å². The zero-order valence-corrected chi connectivity index (χ0v) is 17.8. The maximum atomic E-state index is 10.2. The van der Waals surface area contributed by atoms with Crippen LogP contribution in [0.15, 0.2) is 0 Å². The first-order chi connectivity index (χ1) is 10.2. The van der Waals surface area contributed by atoms with Gasteiger partial charge in [-0.15, -0.1) is 0 Å². The van der Waals surface area contributed by atoms with Gasteiger partial charge in [-0.2, -0.15) is 0 Å². The third-order valence-electron chi connectivity index (χ3n) is 3.83. The molecule has 0 heterocycles. The van der Waals surface area contributed by atoms with E-state index >= 15 is 0 Å². The fraction of sp³-hybridized carbons (Fsp3) is 1.00. The Bertz CT molecular complexity index is 466. The van der Waals surface area contributed by atoms with Gasteiger partial charge in [-0.3, -0.25) is 0 Å². The molecule has 0 aliphatic heterocycles. The predicted molar refractivity (Wildman–Crippen MR) is 79.4 cm³/mol. The van der Waals surface area contributed by atoms with E-state index in [2.05, 4.69) is 9.44 Å². The fourth-order valence-corrected chi connectivity index (χ4v) is 4.14. The van der Waals surface area contributed by atoms with Gasteiger partial charge in [0.2, 0.25) is 0 Å². The fourth-order valence-electron chi connectivity index (χ4n) is 2.85. The monoisotopic (exact) mass is 420 g/mol.